The van der Waals surface area contributed by atoms with Gasteiger partial charge in [0.1, 0.15) is 0 Å². The average Bonchev–Trinajstić information content (AvgIpc) is 2.72. The van der Waals surface area contributed by atoms with Crippen molar-refractivity contribution in [2.75, 3.05) is 26.2 Å². The molecule has 4 nitrogen and oxygen atoms in total. The van der Waals surface area contributed by atoms with Gasteiger partial charge in [0.25, 0.3) is 0 Å². The van der Waals surface area contributed by atoms with Crippen LogP contribution in [0.1, 0.15) is 11.3 Å². The van der Waals surface area contributed by atoms with Gasteiger partial charge in [-0.25, -0.2) is 4.52 Å². The number of rotatable bonds is 2. The minimum Gasteiger partial charge on any atom is -0.314 e. The van der Waals surface area contributed by atoms with Crippen LogP contribution >= 0.6 is 0 Å². The number of nitrogens with one attached hydrogen (secondary N) is 1. The summed E-state index contributed by atoms with van der Waals surface area (Å²) in [6.07, 6.45) is 2.02. The summed E-state index contributed by atoms with van der Waals surface area (Å²) in [6.45, 7) is 7.53. The second-order valence-corrected chi connectivity index (χ2v) is 4.68. The summed E-state index contributed by atoms with van der Waals surface area (Å²) >= 11 is 0. The summed E-state index contributed by atoms with van der Waals surface area (Å²) in [7, 11) is 0. The molecule has 0 amide bonds. The lowest BCUT2D eigenvalue weighted by atomic mass is 10.2. The zero-order valence-corrected chi connectivity index (χ0v) is 10.2. The monoisotopic (exact) mass is 230 g/mol. The summed E-state index contributed by atoms with van der Waals surface area (Å²) < 4.78 is 1.98. The van der Waals surface area contributed by atoms with Gasteiger partial charge in [0, 0.05) is 38.9 Å². The fourth-order valence-electron chi connectivity index (χ4n) is 2.44. The van der Waals surface area contributed by atoms with Crippen LogP contribution in [0.15, 0.2) is 24.4 Å². The van der Waals surface area contributed by atoms with Gasteiger partial charge in [0.05, 0.1) is 11.2 Å². The van der Waals surface area contributed by atoms with Crippen LogP contribution in [0.3, 0.4) is 0 Å². The Balaban J connectivity index is 1.88. The van der Waals surface area contributed by atoms with Crippen LogP contribution in [0, 0.1) is 6.92 Å². The molecule has 1 saturated heterocycles. The normalized spacial score (nSPS) is 17.7. The number of nitrogens with zero attached hydrogens (tertiary/aromatic N) is 3. The molecule has 0 unspecified atom stereocenters. The van der Waals surface area contributed by atoms with E-state index in [0.29, 0.717) is 0 Å². The second-order valence-electron chi connectivity index (χ2n) is 4.68. The van der Waals surface area contributed by atoms with Crippen molar-refractivity contribution in [3.63, 3.8) is 0 Å². The van der Waals surface area contributed by atoms with Crippen molar-refractivity contribution in [3.8, 4) is 0 Å². The first-order valence-electron chi connectivity index (χ1n) is 6.20. The summed E-state index contributed by atoms with van der Waals surface area (Å²) in [6, 6.07) is 6.45. The van der Waals surface area contributed by atoms with E-state index < -0.39 is 0 Å². The predicted octanol–water partition coefficient (Wildman–Crippen LogP) is 1.05. The Morgan fingerprint density at radius 1 is 1.35 bits per heavy atom. The molecule has 0 saturated carbocycles. The van der Waals surface area contributed by atoms with Crippen LogP contribution < -0.4 is 5.32 Å². The molecule has 0 atom stereocenters. The largest absolute Gasteiger partial charge is 0.314 e. The highest BCUT2D eigenvalue weighted by Gasteiger charge is 2.12. The number of pyridine rings is 1. The number of fused-ring (bicyclic) bond motifs is 1. The summed E-state index contributed by atoms with van der Waals surface area (Å²) in [5.74, 6) is 0. The van der Waals surface area contributed by atoms with Gasteiger partial charge in [-0.1, -0.05) is 6.07 Å². The van der Waals surface area contributed by atoms with Gasteiger partial charge in [-0.15, -0.1) is 0 Å². The molecule has 17 heavy (non-hydrogen) atoms. The van der Waals surface area contributed by atoms with Gasteiger partial charge in [-0.3, -0.25) is 4.90 Å². The molecule has 1 fully saturated rings. The Morgan fingerprint density at radius 2 is 2.18 bits per heavy atom. The fraction of sp³-hybridized carbons (Fsp3) is 0.462. The van der Waals surface area contributed by atoms with E-state index in [1.54, 1.807) is 0 Å². The SMILES string of the molecule is Cc1cc2c(CN3CCNCC3)cccn2n1. The van der Waals surface area contributed by atoms with Gasteiger partial charge in [-0.2, -0.15) is 5.10 Å². The number of piperazine rings is 1. The molecule has 0 aromatic carbocycles. The molecule has 1 aliphatic heterocycles. The second kappa shape index (κ2) is 4.47. The minimum atomic E-state index is 1.02. The highest BCUT2D eigenvalue weighted by Crippen LogP contribution is 2.14. The topological polar surface area (TPSA) is 32.6 Å². The molecule has 2 aromatic heterocycles. The number of aryl methyl sites for hydroxylation is 1. The Bertz CT molecular complexity index is 511. The molecule has 0 bridgehead atoms. The van der Waals surface area contributed by atoms with Gasteiger partial charge >= 0.3 is 0 Å². The van der Waals surface area contributed by atoms with Crippen molar-refractivity contribution in [2.45, 2.75) is 13.5 Å². The highest BCUT2D eigenvalue weighted by molar-refractivity contribution is 5.54. The molecule has 2 aromatic rings. The van der Waals surface area contributed by atoms with Crippen molar-refractivity contribution >= 4 is 5.52 Å². The van der Waals surface area contributed by atoms with Crippen LogP contribution in [0.5, 0.6) is 0 Å². The smallest absolute Gasteiger partial charge is 0.0709 e. The van der Waals surface area contributed by atoms with Crippen molar-refractivity contribution in [2.24, 2.45) is 0 Å². The van der Waals surface area contributed by atoms with E-state index in [1.807, 2.05) is 17.6 Å². The molecule has 3 heterocycles. The fourth-order valence-corrected chi connectivity index (χ4v) is 2.44. The molecule has 0 radical (unpaired) electrons. The van der Waals surface area contributed by atoms with E-state index in [-0.39, 0.29) is 0 Å². The number of hydrogen-bond acceptors (Lipinski definition) is 3. The molecule has 1 aliphatic rings. The summed E-state index contributed by atoms with van der Waals surface area (Å²) in [4.78, 5) is 2.49. The quantitative estimate of drug-likeness (QED) is 0.837. The lowest BCUT2D eigenvalue weighted by molar-refractivity contribution is 0.234. The van der Waals surface area contributed by atoms with Gasteiger partial charge in [0.2, 0.25) is 0 Å². The summed E-state index contributed by atoms with van der Waals surface area (Å²) in [5, 5.41) is 7.84. The predicted molar refractivity (Wildman–Crippen MR) is 68.1 cm³/mol. The number of aromatic nitrogens is 2. The molecule has 90 valence electrons. The van der Waals surface area contributed by atoms with Crippen molar-refractivity contribution in [1.29, 1.82) is 0 Å². The first-order valence-corrected chi connectivity index (χ1v) is 6.20. The zero-order chi connectivity index (χ0) is 11.7. The van der Waals surface area contributed by atoms with Gasteiger partial charge in [0.15, 0.2) is 0 Å². The van der Waals surface area contributed by atoms with E-state index >= 15 is 0 Å². The zero-order valence-electron chi connectivity index (χ0n) is 10.2. The Labute approximate surface area is 101 Å². The van der Waals surface area contributed by atoms with E-state index in [4.69, 9.17) is 0 Å². The van der Waals surface area contributed by atoms with Gasteiger partial charge < -0.3 is 5.32 Å². The van der Waals surface area contributed by atoms with Crippen LogP contribution in [0.4, 0.5) is 0 Å². The van der Waals surface area contributed by atoms with Crippen molar-refractivity contribution < 1.29 is 0 Å². The van der Waals surface area contributed by atoms with Crippen LogP contribution in [-0.2, 0) is 6.54 Å². The van der Waals surface area contributed by atoms with Crippen LogP contribution in [0.25, 0.3) is 5.52 Å². The molecule has 1 N–H and O–H groups in total. The minimum absolute atomic E-state index is 1.02. The Kier molecular flexibility index (Phi) is 2.82. The molecule has 0 spiro atoms. The maximum Gasteiger partial charge on any atom is 0.0709 e. The molecule has 3 rings (SSSR count). The third-order valence-corrected chi connectivity index (χ3v) is 3.32. The maximum atomic E-state index is 4.45. The molecular weight excluding hydrogens is 212 g/mol. The highest BCUT2D eigenvalue weighted by atomic mass is 15.2. The molecule has 0 aliphatic carbocycles. The van der Waals surface area contributed by atoms with E-state index in [0.717, 1.165) is 38.4 Å². The lowest BCUT2D eigenvalue weighted by Crippen LogP contribution is -2.42. The summed E-state index contributed by atoms with van der Waals surface area (Å²) in [5.41, 5.74) is 3.69. The van der Waals surface area contributed by atoms with E-state index in [2.05, 4.69) is 33.5 Å². The standard InChI is InChI=1S/C13H18N4/c1-11-9-13-12(3-2-6-17(13)15-11)10-16-7-4-14-5-8-16/h2-3,6,9,14H,4-5,7-8,10H2,1H3. The van der Waals surface area contributed by atoms with Crippen LogP contribution in [-0.4, -0.2) is 40.7 Å². The van der Waals surface area contributed by atoms with E-state index in [9.17, 15) is 0 Å². The van der Waals surface area contributed by atoms with Crippen molar-refractivity contribution in [1.82, 2.24) is 19.8 Å². The first kappa shape index (κ1) is 10.7. The third-order valence-electron chi connectivity index (χ3n) is 3.32. The average molecular weight is 230 g/mol. The number of hydrogen-bond donors (Lipinski definition) is 1. The van der Waals surface area contributed by atoms with Crippen molar-refractivity contribution in [3.05, 3.63) is 35.7 Å². The molecule has 4 heteroatoms. The Morgan fingerprint density at radius 3 is 3.00 bits per heavy atom. The molecular formula is C13H18N4. The van der Waals surface area contributed by atoms with Crippen LogP contribution in [0.2, 0.25) is 0 Å². The van der Waals surface area contributed by atoms with Gasteiger partial charge in [-0.05, 0) is 24.6 Å². The maximum absolute atomic E-state index is 4.45. The third kappa shape index (κ3) is 2.18. The Hall–Kier alpha value is -1.39. The van der Waals surface area contributed by atoms with E-state index in [1.165, 1.54) is 11.1 Å². The first-order chi connectivity index (χ1) is 8.33. The lowest BCUT2D eigenvalue weighted by Gasteiger charge is -2.27.